The fourth-order valence-corrected chi connectivity index (χ4v) is 8.35. The molecule has 4 aromatic carbocycles. The van der Waals surface area contributed by atoms with Gasteiger partial charge in [0.15, 0.2) is 0 Å². The fraction of sp³-hybridized carbons (Fsp3) is 0.400. The highest BCUT2D eigenvalue weighted by molar-refractivity contribution is 5.95. The van der Waals surface area contributed by atoms with Gasteiger partial charge >= 0.3 is 0 Å². The maximum atomic E-state index is 12.4. The molecule has 0 N–H and O–H groups in total. The number of nitro groups is 2. The maximum Gasteiger partial charge on any atom is 0.278 e. The van der Waals surface area contributed by atoms with E-state index in [1.54, 1.807) is 36.4 Å². The number of nitro benzene ring substituents is 2. The Morgan fingerprint density at radius 3 is 1.10 bits per heavy atom. The van der Waals surface area contributed by atoms with Crippen molar-refractivity contribution >= 4 is 22.4 Å². The summed E-state index contributed by atoms with van der Waals surface area (Å²) in [5.41, 5.74) is 8.29. The van der Waals surface area contributed by atoms with Gasteiger partial charge in [-0.25, -0.2) is 0 Å². The quantitative estimate of drug-likeness (QED) is 0.0347. The zero-order chi connectivity index (χ0) is 40.7. The normalized spacial score (nSPS) is 11.4. The highest BCUT2D eigenvalue weighted by Crippen LogP contribution is 2.42. The predicted molar refractivity (Wildman–Crippen MR) is 239 cm³/mol. The molecule has 0 bridgehead atoms. The third-order valence-corrected chi connectivity index (χ3v) is 11.6. The Morgan fingerprint density at radius 2 is 0.759 bits per heavy atom. The van der Waals surface area contributed by atoms with Crippen molar-refractivity contribution in [3.05, 3.63) is 141 Å². The topological polar surface area (TPSA) is 96.1 Å². The highest BCUT2D eigenvalue weighted by atomic mass is 16.6. The van der Waals surface area contributed by atoms with Crippen LogP contribution < -0.4 is 0 Å². The molecule has 0 saturated carbocycles. The molecule has 8 heteroatoms. The molecular formula is C50H60N4O4. The van der Waals surface area contributed by atoms with Gasteiger partial charge in [0.2, 0.25) is 0 Å². The summed E-state index contributed by atoms with van der Waals surface area (Å²) >= 11 is 0. The molecule has 0 unspecified atom stereocenters. The summed E-state index contributed by atoms with van der Waals surface area (Å²) in [7, 11) is 0. The van der Waals surface area contributed by atoms with Crippen molar-refractivity contribution in [1.29, 1.82) is 0 Å². The highest BCUT2D eigenvalue weighted by Gasteiger charge is 2.27. The van der Waals surface area contributed by atoms with E-state index >= 15 is 0 Å². The van der Waals surface area contributed by atoms with E-state index < -0.39 is 0 Å². The summed E-state index contributed by atoms with van der Waals surface area (Å²) in [5.74, 6) is 0. The number of benzene rings is 4. The minimum Gasteiger partial charge on any atom is -0.307 e. The molecule has 0 aliphatic heterocycles. The molecule has 0 saturated heterocycles. The van der Waals surface area contributed by atoms with Crippen LogP contribution in [0.25, 0.3) is 44.9 Å². The van der Waals surface area contributed by atoms with Crippen LogP contribution in [0.4, 0.5) is 11.4 Å². The Labute approximate surface area is 344 Å². The van der Waals surface area contributed by atoms with E-state index in [4.69, 9.17) is 0 Å². The van der Waals surface area contributed by atoms with Gasteiger partial charge in [0.1, 0.15) is 0 Å². The van der Waals surface area contributed by atoms with Gasteiger partial charge in [0.25, 0.3) is 11.4 Å². The molecule has 0 atom stereocenters. The van der Waals surface area contributed by atoms with Crippen molar-refractivity contribution < 1.29 is 9.85 Å². The van der Waals surface area contributed by atoms with Crippen LogP contribution in [-0.4, -0.2) is 19.0 Å². The Balaban J connectivity index is 1.38. The second kappa shape index (κ2) is 21.3. The summed E-state index contributed by atoms with van der Waals surface area (Å²) in [6, 6.07) is 34.8. The van der Waals surface area contributed by atoms with Gasteiger partial charge in [0, 0.05) is 23.5 Å². The lowest BCUT2D eigenvalue weighted by atomic mass is 10.0. The smallest absolute Gasteiger partial charge is 0.278 e. The van der Waals surface area contributed by atoms with E-state index in [0.717, 1.165) is 48.1 Å². The third-order valence-electron chi connectivity index (χ3n) is 11.6. The molecule has 2 aromatic heterocycles. The zero-order valence-corrected chi connectivity index (χ0v) is 34.5. The summed E-state index contributed by atoms with van der Waals surface area (Å²) < 4.78 is 4.15. The maximum absolute atomic E-state index is 12.4. The van der Waals surface area contributed by atoms with E-state index in [9.17, 15) is 20.2 Å². The molecule has 6 aromatic rings. The van der Waals surface area contributed by atoms with Crippen LogP contribution in [0.1, 0.15) is 128 Å². The van der Waals surface area contributed by atoms with E-state index in [-0.39, 0.29) is 21.2 Å². The minimum absolute atomic E-state index is 0.0194. The fourth-order valence-electron chi connectivity index (χ4n) is 8.35. The number of para-hydroxylation sites is 2. The second-order valence-corrected chi connectivity index (χ2v) is 15.8. The minimum atomic E-state index is -0.331. The van der Waals surface area contributed by atoms with E-state index in [0.29, 0.717) is 22.5 Å². The van der Waals surface area contributed by atoms with Crippen LogP contribution in [0, 0.1) is 20.2 Å². The summed E-state index contributed by atoms with van der Waals surface area (Å²) in [4.78, 5) is 24.2. The van der Waals surface area contributed by atoms with Crippen LogP contribution in [0.5, 0.6) is 0 Å². The van der Waals surface area contributed by atoms with Crippen LogP contribution in [0.15, 0.2) is 109 Å². The number of aromatic nitrogens is 2. The van der Waals surface area contributed by atoms with Crippen molar-refractivity contribution in [2.75, 3.05) is 0 Å². The van der Waals surface area contributed by atoms with Gasteiger partial charge < -0.3 is 9.13 Å². The molecule has 0 aliphatic rings. The van der Waals surface area contributed by atoms with Gasteiger partial charge in [-0.2, -0.15) is 0 Å². The van der Waals surface area contributed by atoms with Crippen molar-refractivity contribution in [2.24, 2.45) is 0 Å². The van der Waals surface area contributed by atoms with Crippen LogP contribution >= 0.6 is 0 Å². The molecule has 0 aliphatic carbocycles. The number of hydrogen-bond donors (Lipinski definition) is 0. The number of unbranched alkanes of at least 4 members (excludes halogenated alkanes) is 14. The van der Waals surface area contributed by atoms with E-state index in [2.05, 4.69) is 71.5 Å². The lowest BCUT2D eigenvalue weighted by Crippen LogP contribution is -2.00. The third kappa shape index (κ3) is 10.5. The molecule has 0 amide bonds. The van der Waals surface area contributed by atoms with Crippen molar-refractivity contribution in [3.8, 4) is 33.9 Å². The van der Waals surface area contributed by atoms with Crippen LogP contribution in [0.3, 0.4) is 0 Å². The van der Waals surface area contributed by atoms with Crippen molar-refractivity contribution in [3.63, 3.8) is 0 Å². The van der Waals surface area contributed by atoms with Gasteiger partial charge in [0.05, 0.1) is 43.4 Å². The number of nitrogens with zero attached hydrogens (tertiary/aromatic N) is 4. The van der Waals surface area contributed by atoms with Crippen LogP contribution in [0.2, 0.25) is 0 Å². The largest absolute Gasteiger partial charge is 0.307 e. The molecule has 2 heterocycles. The molecule has 6 rings (SSSR count). The average Bonchev–Trinajstić information content (AvgIpc) is 3.80. The molecule has 0 spiro atoms. The Bertz CT molecular complexity index is 2070. The predicted octanol–water partition coefficient (Wildman–Crippen LogP) is 14.9. The van der Waals surface area contributed by atoms with Gasteiger partial charge in [-0.05, 0) is 85.3 Å². The molecular weight excluding hydrogens is 721 g/mol. The van der Waals surface area contributed by atoms with Gasteiger partial charge in [-0.1, -0.05) is 152 Å². The summed E-state index contributed by atoms with van der Waals surface area (Å²) in [6.45, 7) is 4.50. The van der Waals surface area contributed by atoms with Crippen LogP contribution in [-0.2, 0) is 12.8 Å². The standard InChI is InChI=1S/C50H60N4O4/c1-3-5-7-9-11-13-15-17-23-39-29-33-41(34-30-39)51-47(43-25-19-21-27-45(43)53(55)56)37-50-49(51)38-48(44-26-20-22-28-46(44)54(57)58)52(50)42-35-31-40(32-36-42)24-18-16-14-12-10-8-6-4-2/h19-22,25-38H,3-18,23-24H2,1-2H3. The Hall–Kier alpha value is -5.50. The summed E-state index contributed by atoms with van der Waals surface area (Å²) in [6.07, 6.45) is 22.3. The number of aryl methyl sites for hydroxylation is 2. The lowest BCUT2D eigenvalue weighted by Gasteiger charge is -2.13. The van der Waals surface area contributed by atoms with Crippen molar-refractivity contribution in [2.45, 2.75) is 129 Å². The number of fused-ring (bicyclic) bond motifs is 1. The first kappa shape index (κ1) is 42.1. The summed E-state index contributed by atoms with van der Waals surface area (Å²) in [5, 5.41) is 24.8. The zero-order valence-electron chi connectivity index (χ0n) is 34.5. The Morgan fingerprint density at radius 1 is 0.431 bits per heavy atom. The van der Waals surface area contributed by atoms with Crippen molar-refractivity contribution in [1.82, 2.24) is 9.13 Å². The number of hydrogen-bond acceptors (Lipinski definition) is 4. The van der Waals surface area contributed by atoms with Gasteiger partial charge in [-0.3, -0.25) is 20.2 Å². The first-order valence-electron chi connectivity index (χ1n) is 21.8. The molecule has 304 valence electrons. The van der Waals surface area contributed by atoms with Gasteiger partial charge in [-0.15, -0.1) is 0 Å². The van der Waals surface area contributed by atoms with E-state index in [1.807, 2.05) is 24.3 Å². The van der Waals surface area contributed by atoms with E-state index in [1.165, 1.54) is 101 Å². The molecule has 8 nitrogen and oxygen atoms in total. The monoisotopic (exact) mass is 780 g/mol. The number of rotatable bonds is 24. The first-order chi connectivity index (χ1) is 28.4. The average molecular weight is 781 g/mol. The Kier molecular flexibility index (Phi) is 15.5. The molecule has 0 fully saturated rings. The first-order valence-corrected chi connectivity index (χ1v) is 21.8. The molecule has 0 radical (unpaired) electrons. The second-order valence-electron chi connectivity index (χ2n) is 15.8. The SMILES string of the molecule is CCCCCCCCCCc1ccc(-n2c(-c3ccccc3[N+](=O)[O-])cc3c2cc(-c2ccccc2[N+](=O)[O-])n3-c2ccc(CCCCCCCCCC)cc2)cc1. The molecule has 58 heavy (non-hydrogen) atoms. The lowest BCUT2D eigenvalue weighted by molar-refractivity contribution is -0.384.